The van der Waals surface area contributed by atoms with Crippen LogP contribution in [0.25, 0.3) is 11.0 Å². The van der Waals surface area contributed by atoms with Gasteiger partial charge in [0.25, 0.3) is 0 Å². The van der Waals surface area contributed by atoms with Crippen LogP contribution in [0.4, 0.5) is 4.39 Å². The molecule has 0 saturated heterocycles. The van der Waals surface area contributed by atoms with E-state index in [4.69, 9.17) is 9.62 Å². The second-order valence-corrected chi connectivity index (χ2v) is 4.78. The molecule has 1 amide bonds. The summed E-state index contributed by atoms with van der Waals surface area (Å²) in [6.07, 6.45) is 0.126. The molecule has 2 aromatic rings. The zero-order chi connectivity index (χ0) is 14.9. The Balaban J connectivity index is 2.45. The van der Waals surface area contributed by atoms with Gasteiger partial charge in [-0.3, -0.25) is 10.0 Å². The van der Waals surface area contributed by atoms with Crippen molar-refractivity contribution in [3.8, 4) is 0 Å². The van der Waals surface area contributed by atoms with Crippen molar-refractivity contribution < 1.29 is 18.8 Å². The summed E-state index contributed by atoms with van der Waals surface area (Å²) in [7, 11) is 0. The van der Waals surface area contributed by atoms with E-state index >= 15 is 0 Å². The summed E-state index contributed by atoms with van der Waals surface area (Å²) in [5.74, 6) is -1.61. The number of rotatable bonds is 3. The molecule has 0 aliphatic carbocycles. The number of aryl methyl sites for hydroxylation is 1. The Morgan fingerprint density at radius 2 is 2.15 bits per heavy atom. The van der Waals surface area contributed by atoms with Gasteiger partial charge in [-0.1, -0.05) is 6.92 Å². The molecule has 1 aromatic carbocycles. The van der Waals surface area contributed by atoms with Gasteiger partial charge in [-0.25, -0.2) is 14.7 Å². The lowest BCUT2D eigenvalue weighted by Crippen LogP contribution is -2.28. The van der Waals surface area contributed by atoms with Crippen LogP contribution in [0.5, 0.6) is 0 Å². The van der Waals surface area contributed by atoms with E-state index < -0.39 is 23.3 Å². The number of carbonyl (C=O) groups is 1. The van der Waals surface area contributed by atoms with Crippen LogP contribution in [-0.2, 0) is 11.2 Å². The molecule has 0 bridgehead atoms. The number of amides is 1. The molecule has 106 valence electrons. The highest BCUT2D eigenvalue weighted by Crippen LogP contribution is 2.19. The van der Waals surface area contributed by atoms with Gasteiger partial charge < -0.3 is 4.42 Å². The molecule has 0 fully saturated rings. The maximum absolute atomic E-state index is 13.4. The predicted molar refractivity (Wildman–Crippen MR) is 70.0 cm³/mol. The molecule has 1 heterocycles. The number of benzene rings is 1. The van der Waals surface area contributed by atoms with E-state index in [2.05, 4.69) is 0 Å². The van der Waals surface area contributed by atoms with Crippen molar-refractivity contribution in [1.29, 1.82) is 0 Å². The van der Waals surface area contributed by atoms with Gasteiger partial charge in [0.2, 0.25) is 5.91 Å². The van der Waals surface area contributed by atoms with Crippen LogP contribution >= 0.6 is 0 Å². The van der Waals surface area contributed by atoms with Crippen LogP contribution in [0, 0.1) is 18.7 Å². The van der Waals surface area contributed by atoms with Gasteiger partial charge >= 0.3 is 5.63 Å². The average Bonchev–Trinajstić information content (AvgIpc) is 2.41. The second-order valence-electron chi connectivity index (χ2n) is 4.78. The lowest BCUT2D eigenvalue weighted by Gasteiger charge is -2.09. The van der Waals surface area contributed by atoms with Gasteiger partial charge in [0.05, 0.1) is 0 Å². The second kappa shape index (κ2) is 5.42. The Morgan fingerprint density at radius 1 is 1.45 bits per heavy atom. The molecule has 1 unspecified atom stereocenters. The fraction of sp³-hybridized carbons (Fsp3) is 0.286. The molecular formula is C14H14FNO4. The minimum absolute atomic E-state index is 0.126. The summed E-state index contributed by atoms with van der Waals surface area (Å²) in [6.45, 7) is 3.19. The third-order valence-electron chi connectivity index (χ3n) is 3.17. The molecule has 0 aliphatic heterocycles. The molecule has 6 heteroatoms. The van der Waals surface area contributed by atoms with E-state index in [0.717, 1.165) is 0 Å². The maximum atomic E-state index is 13.4. The highest BCUT2D eigenvalue weighted by Gasteiger charge is 2.16. The van der Waals surface area contributed by atoms with Crippen molar-refractivity contribution in [3.05, 3.63) is 45.6 Å². The SMILES string of the molecule is Cc1cc2cc(CC(C)C(=O)NO)c(=O)oc2cc1F. The molecule has 0 saturated carbocycles. The minimum Gasteiger partial charge on any atom is -0.422 e. The Hall–Kier alpha value is -2.21. The van der Waals surface area contributed by atoms with Gasteiger partial charge in [-0.15, -0.1) is 0 Å². The number of halogens is 1. The summed E-state index contributed by atoms with van der Waals surface area (Å²) in [4.78, 5) is 23.0. The maximum Gasteiger partial charge on any atom is 0.339 e. The lowest BCUT2D eigenvalue weighted by atomic mass is 10.0. The van der Waals surface area contributed by atoms with E-state index in [1.165, 1.54) is 11.5 Å². The van der Waals surface area contributed by atoms with Crippen molar-refractivity contribution >= 4 is 16.9 Å². The first kappa shape index (κ1) is 14.2. The van der Waals surface area contributed by atoms with E-state index in [9.17, 15) is 14.0 Å². The number of hydrogen-bond donors (Lipinski definition) is 2. The van der Waals surface area contributed by atoms with Crippen molar-refractivity contribution in [2.45, 2.75) is 20.3 Å². The van der Waals surface area contributed by atoms with Crippen LogP contribution in [0.15, 0.2) is 27.4 Å². The number of fused-ring (bicyclic) bond motifs is 1. The van der Waals surface area contributed by atoms with Crippen LogP contribution < -0.4 is 11.1 Å². The van der Waals surface area contributed by atoms with E-state index in [1.54, 1.807) is 26.0 Å². The predicted octanol–water partition coefficient (Wildman–Crippen LogP) is 1.92. The highest BCUT2D eigenvalue weighted by molar-refractivity contribution is 5.79. The standard InChI is InChI=1S/C14H14FNO4/c1-7-3-9-5-10(4-8(2)13(17)16-19)14(18)20-12(9)6-11(7)15/h3,5-6,8,19H,4H2,1-2H3,(H,16,17). The molecule has 2 N–H and O–H groups in total. The monoisotopic (exact) mass is 279 g/mol. The fourth-order valence-corrected chi connectivity index (χ4v) is 1.97. The Kier molecular flexibility index (Phi) is 3.85. The zero-order valence-electron chi connectivity index (χ0n) is 11.1. The smallest absolute Gasteiger partial charge is 0.339 e. The van der Waals surface area contributed by atoms with E-state index in [0.29, 0.717) is 16.5 Å². The van der Waals surface area contributed by atoms with Crippen LogP contribution in [0.3, 0.4) is 0 Å². The molecule has 0 aliphatic rings. The van der Waals surface area contributed by atoms with Crippen molar-refractivity contribution in [2.24, 2.45) is 5.92 Å². The van der Waals surface area contributed by atoms with Crippen molar-refractivity contribution in [3.63, 3.8) is 0 Å². The number of carbonyl (C=O) groups excluding carboxylic acids is 1. The minimum atomic E-state index is -0.613. The molecule has 20 heavy (non-hydrogen) atoms. The summed E-state index contributed by atoms with van der Waals surface area (Å²) < 4.78 is 18.5. The molecule has 5 nitrogen and oxygen atoms in total. The normalized spacial score (nSPS) is 12.4. The molecule has 1 aromatic heterocycles. The summed E-state index contributed by atoms with van der Waals surface area (Å²) in [6, 6.07) is 4.32. The fourth-order valence-electron chi connectivity index (χ4n) is 1.97. The van der Waals surface area contributed by atoms with Gasteiger partial charge in [-0.2, -0.15) is 0 Å². The largest absolute Gasteiger partial charge is 0.422 e. The first-order chi connectivity index (χ1) is 9.42. The molecule has 0 spiro atoms. The molecule has 1 atom stereocenters. The Labute approximate surface area is 114 Å². The third kappa shape index (κ3) is 2.70. The molecule has 2 rings (SSSR count). The van der Waals surface area contributed by atoms with Crippen molar-refractivity contribution in [1.82, 2.24) is 5.48 Å². The Bertz CT molecular complexity index is 723. The van der Waals surface area contributed by atoms with E-state index in [-0.39, 0.29) is 12.0 Å². The topological polar surface area (TPSA) is 79.5 Å². The zero-order valence-corrected chi connectivity index (χ0v) is 11.1. The van der Waals surface area contributed by atoms with Gasteiger partial charge in [0, 0.05) is 22.9 Å². The highest BCUT2D eigenvalue weighted by atomic mass is 19.1. The summed E-state index contributed by atoms with van der Waals surface area (Å²) in [5.41, 5.74) is 1.84. The molecular weight excluding hydrogens is 265 g/mol. The Morgan fingerprint density at radius 3 is 2.80 bits per heavy atom. The first-order valence-electron chi connectivity index (χ1n) is 6.09. The van der Waals surface area contributed by atoms with E-state index in [1.807, 2.05) is 0 Å². The number of hydroxylamine groups is 1. The number of hydrogen-bond acceptors (Lipinski definition) is 4. The number of nitrogens with one attached hydrogen (secondary N) is 1. The van der Waals surface area contributed by atoms with Crippen molar-refractivity contribution in [2.75, 3.05) is 0 Å². The van der Waals surface area contributed by atoms with Gasteiger partial charge in [-0.05, 0) is 31.0 Å². The van der Waals surface area contributed by atoms with Crippen LogP contribution in [-0.4, -0.2) is 11.1 Å². The molecule has 0 radical (unpaired) electrons. The third-order valence-corrected chi connectivity index (χ3v) is 3.17. The van der Waals surface area contributed by atoms with Gasteiger partial charge in [0.1, 0.15) is 11.4 Å². The average molecular weight is 279 g/mol. The van der Waals surface area contributed by atoms with Gasteiger partial charge in [0.15, 0.2) is 0 Å². The first-order valence-corrected chi connectivity index (χ1v) is 6.09. The summed E-state index contributed by atoms with van der Waals surface area (Å²) in [5, 5.41) is 9.14. The van der Waals surface area contributed by atoms with Crippen LogP contribution in [0.1, 0.15) is 18.1 Å². The lowest BCUT2D eigenvalue weighted by molar-refractivity contribution is -0.132. The quantitative estimate of drug-likeness (QED) is 0.511. The van der Waals surface area contributed by atoms with Crippen LogP contribution in [0.2, 0.25) is 0 Å². The summed E-state index contributed by atoms with van der Waals surface area (Å²) >= 11 is 0.